The second-order valence-corrected chi connectivity index (χ2v) is 10.4. The number of rotatable bonds is 3. The summed E-state index contributed by atoms with van der Waals surface area (Å²) in [4.78, 5) is 9.72. The minimum atomic E-state index is 0.655. The van der Waals surface area contributed by atoms with E-state index in [9.17, 15) is 0 Å². The molecule has 0 bridgehead atoms. The largest absolute Gasteiger partial charge is 0.435 e. The lowest BCUT2D eigenvalue weighted by Gasteiger charge is -2.40. The maximum Gasteiger partial charge on any atom is 0.227 e. The Kier molecular flexibility index (Phi) is 4.58. The number of oxazole rings is 1. The first-order valence-corrected chi connectivity index (χ1v) is 13.8. The number of nitrogens with zero attached hydrogens (tertiary/aromatic N) is 3. The normalized spacial score (nSPS) is 12.8. The van der Waals surface area contributed by atoms with Crippen LogP contribution in [0.5, 0.6) is 0 Å². The molecule has 0 radical (unpaired) electrons. The molecule has 0 atom stereocenters. The Balaban J connectivity index is 1.26. The van der Waals surface area contributed by atoms with Crippen molar-refractivity contribution in [3.05, 3.63) is 140 Å². The highest BCUT2D eigenvalue weighted by Gasteiger charge is 2.33. The van der Waals surface area contributed by atoms with Crippen LogP contribution in [0, 0.1) is 0 Å². The van der Waals surface area contributed by atoms with Gasteiger partial charge in [0.2, 0.25) is 5.89 Å². The Labute approximate surface area is 237 Å². The van der Waals surface area contributed by atoms with Gasteiger partial charge in [-0.15, -0.1) is 0 Å². The molecule has 192 valence electrons. The van der Waals surface area contributed by atoms with Gasteiger partial charge in [0.05, 0.1) is 28.4 Å². The Bertz CT molecular complexity index is 2040. The van der Waals surface area contributed by atoms with Gasteiger partial charge in [-0.05, 0) is 60.7 Å². The lowest BCUT2D eigenvalue weighted by molar-refractivity contribution is 0.590. The van der Waals surface area contributed by atoms with E-state index >= 15 is 0 Å². The van der Waals surface area contributed by atoms with Crippen molar-refractivity contribution in [1.82, 2.24) is 4.98 Å². The Morgan fingerprint density at radius 2 is 1.07 bits per heavy atom. The van der Waals surface area contributed by atoms with Crippen LogP contribution < -0.4 is 9.80 Å². The maximum atomic E-state index is 6.41. The first kappa shape index (κ1) is 22.2. The van der Waals surface area contributed by atoms with Gasteiger partial charge >= 0.3 is 0 Å². The third-order valence-corrected chi connectivity index (χ3v) is 8.15. The highest BCUT2D eigenvalue weighted by Crippen LogP contribution is 2.57. The highest BCUT2D eigenvalue weighted by molar-refractivity contribution is 6.18. The van der Waals surface area contributed by atoms with Crippen molar-refractivity contribution >= 4 is 44.9 Å². The summed E-state index contributed by atoms with van der Waals surface area (Å²) in [6, 6.07) is 48.9. The molecule has 0 saturated heterocycles. The van der Waals surface area contributed by atoms with Gasteiger partial charge in [0.25, 0.3) is 0 Å². The van der Waals surface area contributed by atoms with E-state index in [0.717, 1.165) is 62.3 Å². The van der Waals surface area contributed by atoms with Crippen LogP contribution in [0.2, 0.25) is 0 Å². The zero-order chi connectivity index (χ0) is 26.9. The smallest absolute Gasteiger partial charge is 0.227 e. The molecule has 7 aromatic rings. The average Bonchev–Trinajstić information content (AvgIpc) is 3.61. The van der Waals surface area contributed by atoms with Gasteiger partial charge in [0, 0.05) is 33.2 Å². The molecule has 2 aliphatic rings. The van der Waals surface area contributed by atoms with Gasteiger partial charge in [-0.1, -0.05) is 78.9 Å². The van der Waals surface area contributed by atoms with Crippen LogP contribution in [0.15, 0.2) is 144 Å². The minimum absolute atomic E-state index is 0.655. The molecule has 9 rings (SSSR count). The predicted octanol–water partition coefficient (Wildman–Crippen LogP) is 10.4. The Morgan fingerprint density at radius 3 is 1.76 bits per heavy atom. The van der Waals surface area contributed by atoms with Crippen LogP contribution in [-0.2, 0) is 0 Å². The van der Waals surface area contributed by atoms with Crippen molar-refractivity contribution in [2.75, 3.05) is 9.80 Å². The van der Waals surface area contributed by atoms with Crippen molar-refractivity contribution in [2.45, 2.75) is 0 Å². The zero-order valence-electron chi connectivity index (χ0n) is 22.0. The number of anilines is 6. The summed E-state index contributed by atoms with van der Waals surface area (Å²) >= 11 is 0. The van der Waals surface area contributed by atoms with E-state index in [1.54, 1.807) is 0 Å². The van der Waals surface area contributed by atoms with E-state index in [0.29, 0.717) is 5.89 Å². The molecule has 6 aromatic carbocycles. The van der Waals surface area contributed by atoms with Crippen molar-refractivity contribution < 1.29 is 4.42 Å². The summed E-state index contributed by atoms with van der Waals surface area (Å²) in [6.07, 6.45) is 0. The molecule has 0 saturated carbocycles. The van der Waals surface area contributed by atoms with Crippen LogP contribution in [0.4, 0.5) is 34.1 Å². The molecule has 4 heteroatoms. The number of aromatic nitrogens is 1. The number of hydrogen-bond donors (Lipinski definition) is 0. The third-order valence-electron chi connectivity index (χ3n) is 8.15. The first-order chi connectivity index (χ1) is 20.4. The molecule has 0 N–H and O–H groups in total. The van der Waals surface area contributed by atoms with Gasteiger partial charge in [-0.25, -0.2) is 4.98 Å². The number of fused-ring (bicyclic) bond motifs is 5. The summed E-state index contributed by atoms with van der Waals surface area (Å²) in [7, 11) is 0. The van der Waals surface area contributed by atoms with Gasteiger partial charge in [0.1, 0.15) is 5.69 Å². The fraction of sp³-hybridized carbons (Fsp3) is 0. The number of para-hydroxylation sites is 5. The molecule has 1 aromatic heterocycles. The lowest BCUT2D eigenvalue weighted by Crippen LogP contribution is -2.24. The third kappa shape index (κ3) is 3.13. The van der Waals surface area contributed by atoms with E-state index < -0.39 is 0 Å². The monoisotopic (exact) mass is 525 g/mol. The molecule has 1 aliphatic heterocycles. The van der Waals surface area contributed by atoms with Crippen LogP contribution in [-0.4, -0.2) is 4.98 Å². The topological polar surface area (TPSA) is 32.5 Å². The van der Waals surface area contributed by atoms with Crippen LogP contribution in [0.3, 0.4) is 0 Å². The van der Waals surface area contributed by atoms with Gasteiger partial charge < -0.3 is 14.2 Å². The van der Waals surface area contributed by atoms with E-state index in [-0.39, 0.29) is 0 Å². The second kappa shape index (κ2) is 8.44. The van der Waals surface area contributed by atoms with E-state index in [4.69, 9.17) is 9.40 Å². The fourth-order valence-corrected chi connectivity index (χ4v) is 6.42. The molecule has 0 amide bonds. The van der Waals surface area contributed by atoms with E-state index in [2.05, 4.69) is 119 Å². The molecular weight excluding hydrogens is 502 g/mol. The Morgan fingerprint density at radius 1 is 0.463 bits per heavy atom. The molecular formula is C37H23N3O. The molecule has 1 aliphatic carbocycles. The van der Waals surface area contributed by atoms with Crippen molar-refractivity contribution in [2.24, 2.45) is 0 Å². The van der Waals surface area contributed by atoms with Gasteiger partial charge in [-0.2, -0.15) is 0 Å². The van der Waals surface area contributed by atoms with Gasteiger partial charge in [-0.3, -0.25) is 0 Å². The van der Waals surface area contributed by atoms with Crippen LogP contribution >= 0.6 is 0 Å². The SMILES string of the molecule is c1ccc(-c2nc3c(o2)-c2cccc4c(N5c6ccccc6N(c6ccccc6)c6ccccc65)ccc-3c24)cc1. The molecule has 0 spiro atoms. The molecule has 0 unspecified atom stereocenters. The standard InChI is InChI=1S/C37H23N3O/c1-3-12-24(13-4-1)37-38-35-27-22-23-29(26-16-11-17-28(34(26)27)36(35)41-37)40-32-20-9-7-18-30(32)39(25-14-5-2-6-15-25)31-19-8-10-21-33(31)40/h1-23H. The van der Waals surface area contributed by atoms with Crippen molar-refractivity contribution in [3.63, 3.8) is 0 Å². The second-order valence-electron chi connectivity index (χ2n) is 10.4. The van der Waals surface area contributed by atoms with E-state index in [1.165, 1.54) is 10.8 Å². The molecule has 4 nitrogen and oxygen atoms in total. The zero-order valence-corrected chi connectivity index (χ0v) is 22.0. The van der Waals surface area contributed by atoms with Crippen molar-refractivity contribution in [1.29, 1.82) is 0 Å². The highest BCUT2D eigenvalue weighted by atomic mass is 16.4. The summed E-state index contributed by atoms with van der Waals surface area (Å²) < 4.78 is 6.41. The number of hydrogen-bond acceptors (Lipinski definition) is 4. The molecule has 0 fully saturated rings. The lowest BCUT2D eigenvalue weighted by atomic mass is 9.99. The quantitative estimate of drug-likeness (QED) is 0.230. The summed E-state index contributed by atoms with van der Waals surface area (Å²) in [5.74, 6) is 1.50. The fourth-order valence-electron chi connectivity index (χ4n) is 6.42. The Hall–Kier alpha value is -5.61. The first-order valence-electron chi connectivity index (χ1n) is 13.8. The summed E-state index contributed by atoms with van der Waals surface area (Å²) in [6.45, 7) is 0. The van der Waals surface area contributed by atoms with Crippen LogP contribution in [0.25, 0.3) is 44.8 Å². The predicted molar refractivity (Wildman–Crippen MR) is 167 cm³/mol. The summed E-state index contributed by atoms with van der Waals surface area (Å²) in [5, 5.41) is 2.36. The summed E-state index contributed by atoms with van der Waals surface area (Å²) in [5.41, 5.74) is 10.9. The average molecular weight is 526 g/mol. The number of benzene rings is 6. The maximum absolute atomic E-state index is 6.41. The molecule has 2 heterocycles. The van der Waals surface area contributed by atoms with Gasteiger partial charge in [0.15, 0.2) is 5.76 Å². The molecule has 41 heavy (non-hydrogen) atoms. The van der Waals surface area contributed by atoms with Crippen LogP contribution in [0.1, 0.15) is 0 Å². The minimum Gasteiger partial charge on any atom is -0.435 e. The van der Waals surface area contributed by atoms with E-state index in [1.807, 2.05) is 30.3 Å². The van der Waals surface area contributed by atoms with Crippen molar-refractivity contribution in [3.8, 4) is 34.0 Å².